The van der Waals surface area contributed by atoms with Crippen LogP contribution in [0.3, 0.4) is 0 Å². The Labute approximate surface area is 192 Å². The number of likely N-dealkylation sites (tertiary alicyclic amines) is 1. The largest absolute Gasteiger partial charge is 0.507 e. The van der Waals surface area contributed by atoms with Crippen molar-refractivity contribution in [3.8, 4) is 28.1 Å². The molecule has 0 saturated carbocycles. The number of phenolic OH excluding ortho intramolecular Hbond substituents is 1. The van der Waals surface area contributed by atoms with E-state index in [4.69, 9.17) is 4.74 Å². The first-order valence-electron chi connectivity index (χ1n) is 11.6. The zero-order chi connectivity index (χ0) is 22.4. The molecule has 0 unspecified atom stereocenters. The van der Waals surface area contributed by atoms with Gasteiger partial charge in [0, 0.05) is 50.0 Å². The predicted molar refractivity (Wildman–Crippen MR) is 126 cm³/mol. The van der Waals surface area contributed by atoms with Gasteiger partial charge < -0.3 is 9.84 Å². The average Bonchev–Trinajstić information content (AvgIpc) is 3.18. The van der Waals surface area contributed by atoms with Crippen LogP contribution in [-0.2, 0) is 4.74 Å². The van der Waals surface area contributed by atoms with Crippen LogP contribution in [0, 0.1) is 6.92 Å². The molecule has 0 radical (unpaired) electrons. The minimum Gasteiger partial charge on any atom is -0.507 e. The first-order chi connectivity index (χ1) is 16.1. The number of hydrogen-bond acceptors (Lipinski definition) is 6. The first-order valence-corrected chi connectivity index (χ1v) is 11.6. The van der Waals surface area contributed by atoms with Gasteiger partial charge in [-0.15, -0.1) is 0 Å². The Balaban J connectivity index is 1.17. The molecule has 2 aliphatic rings. The van der Waals surface area contributed by atoms with Crippen LogP contribution in [0.1, 0.15) is 30.1 Å². The minimum atomic E-state index is 0.202. The topological polar surface area (TPSA) is 75.8 Å². The molecule has 2 aliphatic heterocycles. The Morgan fingerprint density at radius 1 is 0.939 bits per heavy atom. The van der Waals surface area contributed by atoms with Crippen LogP contribution >= 0.6 is 0 Å². The highest BCUT2D eigenvalue weighted by atomic mass is 16.5. The van der Waals surface area contributed by atoms with Gasteiger partial charge in [0.15, 0.2) is 0 Å². The third-order valence-electron chi connectivity index (χ3n) is 6.91. The quantitative estimate of drug-likeness (QED) is 0.515. The summed E-state index contributed by atoms with van der Waals surface area (Å²) < 4.78 is 7.33. The number of pyridine rings is 1. The van der Waals surface area contributed by atoms with Crippen molar-refractivity contribution < 1.29 is 9.84 Å². The lowest BCUT2D eigenvalue weighted by atomic mass is 9.91. The molecule has 0 bridgehead atoms. The van der Waals surface area contributed by atoms with Gasteiger partial charge in [0.1, 0.15) is 5.75 Å². The fourth-order valence-corrected chi connectivity index (χ4v) is 4.98. The summed E-state index contributed by atoms with van der Waals surface area (Å²) in [5.41, 5.74) is 6.39. The molecule has 33 heavy (non-hydrogen) atoms. The fraction of sp³-hybridized carbons (Fsp3) is 0.346. The van der Waals surface area contributed by atoms with Gasteiger partial charge in [-0.05, 0) is 73.4 Å². The number of aromatic nitrogens is 4. The maximum Gasteiger partial charge on any atom is 0.125 e. The van der Waals surface area contributed by atoms with Crippen molar-refractivity contribution in [2.45, 2.75) is 31.7 Å². The zero-order valence-electron chi connectivity index (χ0n) is 18.7. The Kier molecular flexibility index (Phi) is 5.08. The summed E-state index contributed by atoms with van der Waals surface area (Å²) in [4.78, 5) is 2.54. The van der Waals surface area contributed by atoms with Gasteiger partial charge in [0.25, 0.3) is 0 Å². The zero-order valence-corrected chi connectivity index (χ0v) is 18.7. The summed E-state index contributed by atoms with van der Waals surface area (Å²) in [5.74, 6) is 0.640. The average molecular weight is 442 g/mol. The smallest absolute Gasteiger partial charge is 0.125 e. The van der Waals surface area contributed by atoms with Gasteiger partial charge in [-0.2, -0.15) is 15.3 Å². The van der Waals surface area contributed by atoms with Crippen molar-refractivity contribution in [3.63, 3.8) is 0 Å². The van der Waals surface area contributed by atoms with E-state index in [9.17, 15) is 5.11 Å². The summed E-state index contributed by atoms with van der Waals surface area (Å²) in [7, 11) is 0. The Hall–Kier alpha value is -3.29. The van der Waals surface area contributed by atoms with Crippen LogP contribution in [0.25, 0.3) is 27.9 Å². The minimum absolute atomic E-state index is 0.202. The van der Waals surface area contributed by atoms with Gasteiger partial charge in [-0.1, -0.05) is 6.07 Å². The summed E-state index contributed by atoms with van der Waals surface area (Å²) in [6.07, 6.45) is 4.20. The number of hydrogen-bond donors (Lipinski definition) is 1. The van der Waals surface area contributed by atoms with E-state index in [0.717, 1.165) is 67.2 Å². The van der Waals surface area contributed by atoms with Gasteiger partial charge in [-0.3, -0.25) is 4.90 Å². The number of fused-ring (bicyclic) bond motifs is 1. The normalized spacial score (nSPS) is 18.0. The molecular weight excluding hydrogens is 414 g/mol. The van der Waals surface area contributed by atoms with Crippen molar-refractivity contribution in [3.05, 3.63) is 66.1 Å². The lowest BCUT2D eigenvalue weighted by Gasteiger charge is -2.45. The second-order valence-electron chi connectivity index (χ2n) is 9.14. The first kappa shape index (κ1) is 20.3. The van der Waals surface area contributed by atoms with Crippen LogP contribution in [0.15, 0.2) is 54.7 Å². The molecule has 168 valence electrons. The van der Waals surface area contributed by atoms with E-state index in [1.54, 1.807) is 6.07 Å². The van der Waals surface area contributed by atoms with E-state index < -0.39 is 0 Å². The highest BCUT2D eigenvalue weighted by molar-refractivity contribution is 5.76. The number of phenols is 1. The van der Waals surface area contributed by atoms with E-state index in [0.29, 0.717) is 23.2 Å². The van der Waals surface area contributed by atoms with E-state index in [-0.39, 0.29) is 5.75 Å². The van der Waals surface area contributed by atoms with E-state index in [1.165, 1.54) is 0 Å². The van der Waals surface area contributed by atoms with Crippen molar-refractivity contribution in [2.75, 3.05) is 26.3 Å². The number of benzene rings is 1. The number of nitrogens with zero attached hydrogens (tertiary/aromatic N) is 5. The van der Waals surface area contributed by atoms with Crippen LogP contribution in [0.2, 0.25) is 0 Å². The summed E-state index contributed by atoms with van der Waals surface area (Å²) in [6, 6.07) is 16.5. The SMILES string of the molecule is Cc1cc2cc(-c3ccc(-c4ccc(C5CN(C6CCOCC6)C5)nn4)c(O)c3)ccn2n1. The molecule has 6 rings (SSSR count). The molecule has 1 aromatic carbocycles. The van der Waals surface area contributed by atoms with Gasteiger partial charge in [0.05, 0.1) is 22.6 Å². The van der Waals surface area contributed by atoms with Gasteiger partial charge >= 0.3 is 0 Å². The molecule has 2 saturated heterocycles. The number of ether oxygens (including phenoxy) is 1. The number of rotatable bonds is 4. The standard InChI is InChI=1S/C26H27N5O2/c1-17-12-22-13-19(6-9-31(22)29-17)18-2-3-23(26(32)14-18)25-5-4-24(27-28-25)20-15-30(16-20)21-7-10-33-11-8-21/h2-6,9,12-14,20-21,32H,7-8,10-11,15-16H2,1H3. The number of aryl methyl sites for hydroxylation is 1. The monoisotopic (exact) mass is 441 g/mol. The molecule has 5 heterocycles. The fourth-order valence-electron chi connectivity index (χ4n) is 4.98. The molecule has 1 N–H and O–H groups in total. The molecule has 0 atom stereocenters. The molecule has 3 aromatic heterocycles. The maximum absolute atomic E-state index is 10.7. The second-order valence-corrected chi connectivity index (χ2v) is 9.14. The van der Waals surface area contributed by atoms with Gasteiger partial charge in [-0.25, -0.2) is 4.52 Å². The highest BCUT2D eigenvalue weighted by Crippen LogP contribution is 2.34. The van der Waals surface area contributed by atoms with Crippen LogP contribution in [0.5, 0.6) is 5.75 Å². The van der Waals surface area contributed by atoms with E-state index in [1.807, 2.05) is 48.0 Å². The molecule has 4 aromatic rings. The molecule has 7 nitrogen and oxygen atoms in total. The lowest BCUT2D eigenvalue weighted by molar-refractivity contribution is 0.000892. The van der Waals surface area contributed by atoms with Crippen LogP contribution in [-0.4, -0.2) is 62.2 Å². The molecule has 7 heteroatoms. The van der Waals surface area contributed by atoms with Crippen LogP contribution < -0.4 is 0 Å². The summed E-state index contributed by atoms with van der Waals surface area (Å²) >= 11 is 0. The third kappa shape index (κ3) is 3.87. The molecule has 2 fully saturated rings. The third-order valence-corrected chi connectivity index (χ3v) is 6.91. The number of aromatic hydroxyl groups is 1. The Morgan fingerprint density at radius 3 is 2.52 bits per heavy atom. The summed E-state index contributed by atoms with van der Waals surface area (Å²) in [5, 5.41) is 24.1. The van der Waals surface area contributed by atoms with Crippen molar-refractivity contribution in [2.24, 2.45) is 0 Å². The van der Waals surface area contributed by atoms with E-state index in [2.05, 4.69) is 32.3 Å². The van der Waals surface area contributed by atoms with E-state index >= 15 is 0 Å². The lowest BCUT2D eigenvalue weighted by Crippen LogP contribution is -2.52. The molecule has 0 spiro atoms. The Morgan fingerprint density at radius 2 is 1.76 bits per heavy atom. The molecule has 0 aliphatic carbocycles. The van der Waals surface area contributed by atoms with Crippen molar-refractivity contribution in [1.29, 1.82) is 0 Å². The second kappa shape index (κ2) is 8.24. The van der Waals surface area contributed by atoms with Crippen molar-refractivity contribution >= 4 is 5.52 Å². The molecular formula is C26H27N5O2. The summed E-state index contributed by atoms with van der Waals surface area (Å²) in [6.45, 7) is 5.81. The Bertz CT molecular complexity index is 1290. The molecule has 0 amide bonds. The van der Waals surface area contributed by atoms with Crippen molar-refractivity contribution in [1.82, 2.24) is 24.7 Å². The van der Waals surface area contributed by atoms with Gasteiger partial charge in [0.2, 0.25) is 0 Å². The predicted octanol–water partition coefficient (Wildman–Crippen LogP) is 4.05. The maximum atomic E-state index is 10.7. The van der Waals surface area contributed by atoms with Crippen LogP contribution in [0.4, 0.5) is 0 Å². The highest BCUT2D eigenvalue weighted by Gasteiger charge is 2.34.